The average Bonchev–Trinajstić information content (AvgIpc) is 2.17. The maximum absolute atomic E-state index is 13.4. The van der Waals surface area contributed by atoms with Gasteiger partial charge in [0.05, 0.1) is 5.88 Å². The van der Waals surface area contributed by atoms with Crippen molar-refractivity contribution in [3.05, 3.63) is 30.3 Å². The molecule has 0 bridgehead atoms. The van der Waals surface area contributed by atoms with Crippen molar-refractivity contribution in [1.29, 1.82) is 0 Å². The minimum atomic E-state index is -1.28. The molecule has 13 heavy (non-hydrogen) atoms. The Kier molecular flexibility index (Phi) is 4.07. The molecule has 3 heteroatoms. The molecule has 0 fully saturated rings. The Morgan fingerprint density at radius 1 is 1.38 bits per heavy atom. The summed E-state index contributed by atoms with van der Waals surface area (Å²) in [7, 11) is 0. The van der Waals surface area contributed by atoms with E-state index < -0.39 is 5.67 Å². The maximum atomic E-state index is 13.4. The van der Waals surface area contributed by atoms with E-state index in [0.717, 1.165) is 4.90 Å². The zero-order valence-corrected chi connectivity index (χ0v) is 9.04. The Morgan fingerprint density at radius 3 is 2.54 bits per heavy atom. The molecule has 0 aliphatic carbocycles. The molecule has 0 amide bonds. The van der Waals surface area contributed by atoms with Crippen molar-refractivity contribution < 1.29 is 4.39 Å². The van der Waals surface area contributed by atoms with Gasteiger partial charge < -0.3 is 0 Å². The molecule has 1 atom stereocenters. The van der Waals surface area contributed by atoms with Crippen LogP contribution in [0.2, 0.25) is 0 Å². The van der Waals surface area contributed by atoms with E-state index in [1.54, 1.807) is 0 Å². The lowest BCUT2D eigenvalue weighted by atomic mass is 10.2. The van der Waals surface area contributed by atoms with Crippen molar-refractivity contribution in [2.24, 2.45) is 0 Å². The lowest BCUT2D eigenvalue weighted by Gasteiger charge is -2.15. The molecule has 1 aromatic rings. The predicted octanol–water partition coefficient (Wildman–Crippen LogP) is 3.75. The summed E-state index contributed by atoms with van der Waals surface area (Å²) in [5.41, 5.74) is -1.28. The van der Waals surface area contributed by atoms with Crippen LogP contribution < -0.4 is 0 Å². The summed E-state index contributed by atoms with van der Waals surface area (Å²) in [4.78, 5) is 1.08. The zero-order valence-electron chi connectivity index (χ0n) is 7.47. The summed E-state index contributed by atoms with van der Waals surface area (Å²) in [6.45, 7) is 1.52. The van der Waals surface area contributed by atoms with Crippen LogP contribution in [-0.2, 0) is 0 Å². The van der Waals surface area contributed by atoms with Crippen molar-refractivity contribution in [2.45, 2.75) is 17.5 Å². The van der Waals surface area contributed by atoms with Crippen LogP contribution in [0.5, 0.6) is 0 Å². The van der Waals surface area contributed by atoms with E-state index in [4.69, 9.17) is 11.6 Å². The topological polar surface area (TPSA) is 0 Å². The average molecular weight is 219 g/mol. The number of thioether (sulfide) groups is 1. The zero-order chi connectivity index (χ0) is 9.73. The van der Waals surface area contributed by atoms with Gasteiger partial charge in [-0.25, -0.2) is 4.39 Å². The second-order valence-electron chi connectivity index (χ2n) is 3.15. The van der Waals surface area contributed by atoms with Gasteiger partial charge in [0.15, 0.2) is 0 Å². The highest BCUT2D eigenvalue weighted by atomic mass is 35.5. The van der Waals surface area contributed by atoms with Crippen LogP contribution in [-0.4, -0.2) is 17.3 Å². The lowest BCUT2D eigenvalue weighted by molar-refractivity contribution is 0.257. The molecule has 0 heterocycles. The highest BCUT2D eigenvalue weighted by Crippen LogP contribution is 2.25. The minimum Gasteiger partial charge on any atom is -0.242 e. The van der Waals surface area contributed by atoms with Gasteiger partial charge in [0, 0.05) is 10.6 Å². The summed E-state index contributed by atoms with van der Waals surface area (Å²) < 4.78 is 13.4. The molecular weight excluding hydrogens is 207 g/mol. The van der Waals surface area contributed by atoms with Crippen LogP contribution in [0.25, 0.3) is 0 Å². The smallest absolute Gasteiger partial charge is 0.131 e. The van der Waals surface area contributed by atoms with Gasteiger partial charge in [0.25, 0.3) is 0 Å². The van der Waals surface area contributed by atoms with Gasteiger partial charge in [-0.15, -0.1) is 23.4 Å². The summed E-state index contributed by atoms with van der Waals surface area (Å²) in [5, 5.41) is 0. The highest BCUT2D eigenvalue weighted by Gasteiger charge is 2.21. The fourth-order valence-electron chi connectivity index (χ4n) is 0.789. The van der Waals surface area contributed by atoms with Crippen molar-refractivity contribution >= 4 is 23.4 Å². The summed E-state index contributed by atoms with van der Waals surface area (Å²) in [6, 6.07) is 9.77. The molecule has 1 rings (SSSR count). The predicted molar refractivity (Wildman–Crippen MR) is 57.4 cm³/mol. The first-order valence-corrected chi connectivity index (χ1v) is 5.59. The molecule has 0 aliphatic heterocycles. The fraction of sp³-hybridized carbons (Fsp3) is 0.400. The molecule has 1 unspecified atom stereocenters. The van der Waals surface area contributed by atoms with Crippen LogP contribution in [0.1, 0.15) is 6.92 Å². The Labute approximate surface area is 87.5 Å². The Bertz CT molecular complexity index is 248. The van der Waals surface area contributed by atoms with Gasteiger partial charge in [-0.05, 0) is 19.1 Å². The number of hydrogen-bond acceptors (Lipinski definition) is 1. The monoisotopic (exact) mass is 218 g/mol. The highest BCUT2D eigenvalue weighted by molar-refractivity contribution is 7.99. The molecular formula is C10H12ClFS. The standard InChI is InChI=1S/C10H12ClFS/c1-10(12,7-11)8-13-9-5-3-2-4-6-9/h2-6H,7-8H2,1H3. The van der Waals surface area contributed by atoms with Crippen LogP contribution in [0.15, 0.2) is 35.2 Å². The maximum Gasteiger partial charge on any atom is 0.131 e. The number of benzene rings is 1. The molecule has 0 saturated carbocycles. The Balaban J connectivity index is 2.44. The third-order valence-electron chi connectivity index (χ3n) is 1.56. The number of rotatable bonds is 4. The fourth-order valence-corrected chi connectivity index (χ4v) is 1.91. The molecule has 0 aliphatic rings. The van der Waals surface area contributed by atoms with E-state index in [9.17, 15) is 4.39 Å². The number of alkyl halides is 2. The van der Waals surface area contributed by atoms with E-state index in [1.807, 2.05) is 30.3 Å². The molecule has 1 aromatic carbocycles. The van der Waals surface area contributed by atoms with Gasteiger partial charge in [0.1, 0.15) is 5.67 Å². The van der Waals surface area contributed by atoms with Crippen LogP contribution in [0.4, 0.5) is 4.39 Å². The van der Waals surface area contributed by atoms with Crippen molar-refractivity contribution in [3.63, 3.8) is 0 Å². The van der Waals surface area contributed by atoms with Gasteiger partial charge in [0.2, 0.25) is 0 Å². The van der Waals surface area contributed by atoms with Gasteiger partial charge in [-0.2, -0.15) is 0 Å². The van der Waals surface area contributed by atoms with E-state index in [2.05, 4.69) is 0 Å². The van der Waals surface area contributed by atoms with Gasteiger partial charge >= 0.3 is 0 Å². The normalized spacial score (nSPS) is 15.3. The first kappa shape index (κ1) is 10.9. The number of hydrogen-bond donors (Lipinski definition) is 0. The second kappa shape index (κ2) is 4.87. The van der Waals surface area contributed by atoms with E-state index in [0.29, 0.717) is 5.75 Å². The third kappa shape index (κ3) is 4.01. The SMILES string of the molecule is CC(F)(CCl)CSc1ccccc1. The quantitative estimate of drug-likeness (QED) is 0.548. The molecule has 72 valence electrons. The molecule has 0 radical (unpaired) electrons. The van der Waals surface area contributed by atoms with Gasteiger partial charge in [-0.1, -0.05) is 18.2 Å². The van der Waals surface area contributed by atoms with Crippen molar-refractivity contribution in [1.82, 2.24) is 0 Å². The summed E-state index contributed by atoms with van der Waals surface area (Å²) in [5.74, 6) is 0.452. The van der Waals surface area contributed by atoms with Gasteiger partial charge in [-0.3, -0.25) is 0 Å². The Morgan fingerprint density at radius 2 is 2.00 bits per heavy atom. The summed E-state index contributed by atoms with van der Waals surface area (Å²) >= 11 is 6.96. The van der Waals surface area contributed by atoms with E-state index in [1.165, 1.54) is 18.7 Å². The van der Waals surface area contributed by atoms with Crippen molar-refractivity contribution in [2.75, 3.05) is 11.6 Å². The Hall–Kier alpha value is -0.210. The van der Waals surface area contributed by atoms with E-state index >= 15 is 0 Å². The number of halogens is 2. The molecule has 0 nitrogen and oxygen atoms in total. The van der Waals surface area contributed by atoms with Crippen LogP contribution >= 0.6 is 23.4 Å². The van der Waals surface area contributed by atoms with Crippen LogP contribution in [0, 0.1) is 0 Å². The van der Waals surface area contributed by atoms with E-state index in [-0.39, 0.29) is 5.88 Å². The molecule has 0 N–H and O–H groups in total. The largest absolute Gasteiger partial charge is 0.242 e. The first-order chi connectivity index (χ1) is 6.14. The lowest BCUT2D eigenvalue weighted by Crippen LogP contribution is -2.23. The van der Waals surface area contributed by atoms with Crippen LogP contribution in [0.3, 0.4) is 0 Å². The first-order valence-electron chi connectivity index (χ1n) is 4.07. The molecule has 0 spiro atoms. The minimum absolute atomic E-state index is 0.0484. The molecule has 0 saturated heterocycles. The molecule has 0 aromatic heterocycles. The third-order valence-corrected chi connectivity index (χ3v) is 3.47. The summed E-state index contributed by atoms with van der Waals surface area (Å²) in [6.07, 6.45) is 0. The second-order valence-corrected chi connectivity index (χ2v) is 4.46. The van der Waals surface area contributed by atoms with Crippen molar-refractivity contribution in [3.8, 4) is 0 Å².